The number of piperidine rings is 1. The molecule has 1 aliphatic rings. The van der Waals surface area contributed by atoms with Gasteiger partial charge in [-0.15, -0.1) is 0 Å². The topological polar surface area (TPSA) is 69.7 Å². The van der Waals surface area contributed by atoms with Gasteiger partial charge in [-0.2, -0.15) is 0 Å². The lowest BCUT2D eigenvalue weighted by molar-refractivity contribution is 0.0635. The quantitative estimate of drug-likeness (QED) is 0.774. The number of anilines is 1. The number of rotatable bonds is 5. The highest BCUT2D eigenvalue weighted by Gasteiger charge is 2.27. The molecular formula is C20H23ClFN3O3S. The van der Waals surface area contributed by atoms with Crippen molar-refractivity contribution in [1.82, 2.24) is 9.80 Å². The number of hydrogen-bond acceptors (Lipinski definition) is 4. The van der Waals surface area contributed by atoms with Crippen molar-refractivity contribution in [1.29, 1.82) is 0 Å². The molecule has 1 atom stereocenters. The average Bonchev–Trinajstić information content (AvgIpc) is 2.69. The fraction of sp³-hybridized carbons (Fsp3) is 0.350. The van der Waals surface area contributed by atoms with Crippen LogP contribution >= 0.6 is 11.6 Å². The molecule has 0 radical (unpaired) electrons. The van der Waals surface area contributed by atoms with E-state index in [1.165, 1.54) is 30.3 Å². The smallest absolute Gasteiger partial charge is 0.263 e. The molecule has 0 aliphatic carbocycles. The summed E-state index contributed by atoms with van der Waals surface area (Å²) in [6.45, 7) is 1.21. The summed E-state index contributed by atoms with van der Waals surface area (Å²) in [4.78, 5) is 16.6. The molecule has 0 saturated carbocycles. The third-order valence-corrected chi connectivity index (χ3v) is 6.84. The van der Waals surface area contributed by atoms with Crippen LogP contribution in [0.3, 0.4) is 0 Å². The molecule has 29 heavy (non-hydrogen) atoms. The first kappa shape index (κ1) is 21.5. The highest BCUT2D eigenvalue weighted by Crippen LogP contribution is 2.26. The van der Waals surface area contributed by atoms with Gasteiger partial charge < -0.3 is 9.80 Å². The largest absolute Gasteiger partial charge is 0.337 e. The Kier molecular flexibility index (Phi) is 6.45. The van der Waals surface area contributed by atoms with Crippen molar-refractivity contribution in [3.8, 4) is 0 Å². The molecule has 1 amide bonds. The molecule has 2 aromatic rings. The van der Waals surface area contributed by atoms with Gasteiger partial charge in [0.05, 0.1) is 5.02 Å². The van der Waals surface area contributed by atoms with Crippen LogP contribution in [0.4, 0.5) is 10.1 Å². The molecule has 1 aliphatic heterocycles. The van der Waals surface area contributed by atoms with Crippen LogP contribution in [0.25, 0.3) is 0 Å². The van der Waals surface area contributed by atoms with Crippen LogP contribution in [0.2, 0.25) is 5.02 Å². The van der Waals surface area contributed by atoms with Gasteiger partial charge in [-0.1, -0.05) is 11.6 Å². The van der Waals surface area contributed by atoms with Crippen molar-refractivity contribution in [3.05, 3.63) is 58.9 Å². The Morgan fingerprint density at radius 2 is 1.90 bits per heavy atom. The summed E-state index contributed by atoms with van der Waals surface area (Å²) in [5, 5.41) is 0.000902. The number of sulfonamides is 1. The van der Waals surface area contributed by atoms with E-state index in [0.29, 0.717) is 13.1 Å². The Morgan fingerprint density at radius 3 is 2.55 bits per heavy atom. The molecule has 6 nitrogen and oxygen atoms in total. The summed E-state index contributed by atoms with van der Waals surface area (Å²) in [6.07, 6.45) is 1.90. The predicted octanol–water partition coefficient (Wildman–Crippen LogP) is 3.45. The summed E-state index contributed by atoms with van der Waals surface area (Å²) in [5.74, 6) is -0.706. The summed E-state index contributed by atoms with van der Waals surface area (Å²) >= 11 is 6.12. The van der Waals surface area contributed by atoms with Crippen molar-refractivity contribution < 1.29 is 17.6 Å². The first-order valence-corrected chi connectivity index (χ1v) is 11.1. The van der Waals surface area contributed by atoms with Crippen molar-refractivity contribution in [3.63, 3.8) is 0 Å². The second kappa shape index (κ2) is 8.69. The standard InChI is InChI=1S/C20H23ClFN3O3S/c1-24(2)17-4-3-11-25(13-17)20(26)14-5-10-18(21)19(12-14)29(27,28)23-16-8-6-15(22)7-9-16/h5-10,12,17,23H,3-4,11,13H2,1-2H3. The van der Waals surface area contributed by atoms with Crippen LogP contribution in [0.5, 0.6) is 0 Å². The number of carbonyl (C=O) groups excluding carboxylic acids is 1. The van der Waals surface area contributed by atoms with Crippen LogP contribution in [-0.2, 0) is 10.0 Å². The van der Waals surface area contributed by atoms with Gasteiger partial charge in [-0.25, -0.2) is 12.8 Å². The number of amides is 1. The monoisotopic (exact) mass is 439 g/mol. The van der Waals surface area contributed by atoms with E-state index < -0.39 is 15.8 Å². The lowest BCUT2D eigenvalue weighted by atomic mass is 10.0. The van der Waals surface area contributed by atoms with Gasteiger partial charge in [0.25, 0.3) is 15.9 Å². The highest BCUT2D eigenvalue weighted by atomic mass is 35.5. The zero-order chi connectivity index (χ0) is 21.2. The molecule has 1 N–H and O–H groups in total. The van der Waals surface area contributed by atoms with Gasteiger partial charge in [0.2, 0.25) is 0 Å². The maximum absolute atomic E-state index is 13.1. The summed E-state index contributed by atoms with van der Waals surface area (Å²) in [7, 11) is -0.0934. The lowest BCUT2D eigenvalue weighted by Crippen LogP contribution is -2.47. The Bertz CT molecular complexity index is 997. The fourth-order valence-corrected chi connectivity index (χ4v) is 4.90. The zero-order valence-corrected chi connectivity index (χ0v) is 17.8. The van der Waals surface area contributed by atoms with E-state index in [-0.39, 0.29) is 33.1 Å². The molecular weight excluding hydrogens is 417 g/mol. The number of benzene rings is 2. The SMILES string of the molecule is CN(C)C1CCCN(C(=O)c2ccc(Cl)c(S(=O)(=O)Nc3ccc(F)cc3)c2)C1. The van der Waals surface area contributed by atoms with Gasteiger partial charge in [0.15, 0.2) is 0 Å². The van der Waals surface area contributed by atoms with Gasteiger partial charge in [0.1, 0.15) is 10.7 Å². The van der Waals surface area contributed by atoms with Crippen molar-refractivity contribution >= 4 is 33.2 Å². The highest BCUT2D eigenvalue weighted by molar-refractivity contribution is 7.92. The third kappa shape index (κ3) is 5.07. The predicted molar refractivity (Wildman–Crippen MR) is 111 cm³/mol. The van der Waals surface area contributed by atoms with Gasteiger partial charge in [0, 0.05) is 30.4 Å². The van der Waals surface area contributed by atoms with Crippen molar-refractivity contribution in [2.24, 2.45) is 0 Å². The lowest BCUT2D eigenvalue weighted by Gasteiger charge is -2.36. The minimum absolute atomic E-state index is 0.000902. The molecule has 3 rings (SSSR count). The van der Waals surface area contributed by atoms with E-state index in [4.69, 9.17) is 11.6 Å². The molecule has 1 heterocycles. The summed E-state index contributed by atoms with van der Waals surface area (Å²) in [5.41, 5.74) is 0.456. The maximum atomic E-state index is 13.1. The van der Waals surface area contributed by atoms with Crippen LogP contribution in [0.15, 0.2) is 47.4 Å². The number of nitrogens with zero attached hydrogens (tertiary/aromatic N) is 2. The molecule has 9 heteroatoms. The first-order chi connectivity index (χ1) is 13.7. The van der Waals surface area contributed by atoms with E-state index in [9.17, 15) is 17.6 Å². The van der Waals surface area contributed by atoms with Gasteiger partial charge in [-0.05, 0) is 69.4 Å². The average molecular weight is 440 g/mol. The Hall–Kier alpha value is -2.16. The van der Waals surface area contributed by atoms with E-state index in [0.717, 1.165) is 25.0 Å². The summed E-state index contributed by atoms with van der Waals surface area (Å²) < 4.78 is 41.0. The number of halogens is 2. The molecule has 1 fully saturated rings. The van der Waals surface area contributed by atoms with Crippen molar-refractivity contribution in [2.45, 2.75) is 23.8 Å². The minimum Gasteiger partial charge on any atom is -0.337 e. The molecule has 0 bridgehead atoms. The number of carbonyl (C=O) groups is 1. The molecule has 0 aromatic heterocycles. The number of hydrogen-bond donors (Lipinski definition) is 1. The Balaban J connectivity index is 1.85. The van der Waals surface area contributed by atoms with E-state index >= 15 is 0 Å². The third-order valence-electron chi connectivity index (χ3n) is 4.98. The van der Waals surface area contributed by atoms with E-state index in [1.807, 2.05) is 14.1 Å². The molecule has 0 spiro atoms. The molecule has 2 aromatic carbocycles. The molecule has 1 saturated heterocycles. The Labute approximate surface area is 175 Å². The number of likely N-dealkylation sites (N-methyl/N-ethyl adjacent to an activating group) is 1. The van der Waals surface area contributed by atoms with Crippen LogP contribution < -0.4 is 4.72 Å². The van der Waals surface area contributed by atoms with E-state index in [1.54, 1.807) is 4.90 Å². The van der Waals surface area contributed by atoms with Gasteiger partial charge in [-0.3, -0.25) is 9.52 Å². The molecule has 1 unspecified atom stereocenters. The summed E-state index contributed by atoms with van der Waals surface area (Å²) in [6, 6.07) is 9.41. The maximum Gasteiger partial charge on any atom is 0.263 e. The normalized spacial score (nSPS) is 17.4. The van der Waals surface area contributed by atoms with Crippen LogP contribution in [0.1, 0.15) is 23.2 Å². The number of likely N-dealkylation sites (tertiary alicyclic amines) is 1. The zero-order valence-electron chi connectivity index (χ0n) is 16.2. The van der Waals surface area contributed by atoms with Crippen LogP contribution in [-0.4, -0.2) is 57.4 Å². The fourth-order valence-electron chi connectivity index (χ4n) is 3.31. The second-order valence-corrected chi connectivity index (χ2v) is 9.33. The Morgan fingerprint density at radius 1 is 1.21 bits per heavy atom. The number of nitrogens with one attached hydrogen (secondary N) is 1. The molecule has 156 valence electrons. The van der Waals surface area contributed by atoms with E-state index in [2.05, 4.69) is 9.62 Å². The van der Waals surface area contributed by atoms with Crippen molar-refractivity contribution in [2.75, 3.05) is 31.9 Å². The van der Waals surface area contributed by atoms with Gasteiger partial charge >= 0.3 is 0 Å². The second-order valence-electron chi connectivity index (χ2n) is 7.27. The first-order valence-electron chi connectivity index (χ1n) is 9.21. The van der Waals surface area contributed by atoms with Crippen LogP contribution in [0, 0.1) is 5.82 Å². The minimum atomic E-state index is -4.05.